The Kier molecular flexibility index (Phi) is 34.9. The average molecular weight is 2140 g/mol. The molecular weight excluding hydrogens is 2140 g/mol. The topological polar surface area (TPSA) is 60.4 Å². The van der Waals surface area contributed by atoms with Crippen molar-refractivity contribution in [3.8, 4) is 0 Å². The van der Waals surface area contributed by atoms with Crippen LogP contribution in [0.25, 0.3) is 0 Å². The highest BCUT2D eigenvalue weighted by molar-refractivity contribution is 7.73. The fraction of sp³-hybridized carbons (Fsp3) is 1.00. The van der Waals surface area contributed by atoms with Gasteiger partial charge in [-0.05, 0) is 0 Å². The van der Waals surface area contributed by atoms with Crippen LogP contribution >= 0.6 is 580 Å². The van der Waals surface area contributed by atoms with Gasteiger partial charge in [-0.25, -0.2) is 4.21 Å². The van der Waals surface area contributed by atoms with Gasteiger partial charge in [0.15, 0.2) is 86.7 Å². The van der Waals surface area contributed by atoms with E-state index >= 15 is 0 Å². The van der Waals surface area contributed by atoms with Crippen molar-refractivity contribution in [3.05, 3.63) is 0 Å². The van der Waals surface area contributed by atoms with Gasteiger partial charge in [-0.15, -0.1) is 0 Å². The van der Waals surface area contributed by atoms with E-state index in [9.17, 15) is 0 Å². The Morgan fingerprint density at radius 1 is 0.167 bits per heavy atom. The summed E-state index contributed by atoms with van der Waals surface area (Å²) in [6.07, 6.45) is 0. The molecule has 0 bridgehead atoms. The van der Waals surface area contributed by atoms with Crippen molar-refractivity contribution in [2.24, 2.45) is 0 Å². The molecule has 1 N–H and O–H groups in total. The van der Waals surface area contributed by atoms with E-state index < -0.39 is 114 Å². The minimum Gasteiger partial charge on any atom is -0.750 e. The minimum atomic E-state index is -3.91. The molecule has 0 saturated heterocycles. The molecule has 0 spiro atoms. The molecule has 0 aliphatic rings. The smallest absolute Gasteiger partial charge is 0.226 e. The van der Waals surface area contributed by atoms with Crippen LogP contribution in [-0.4, -0.2) is 116 Å². The van der Waals surface area contributed by atoms with Crippen LogP contribution in [0.3, 0.4) is 0 Å². The standard InChI is InChI=1S/C24Cl50.H2O3S/c25-1(26,3(29,30)5(33,34)7(37,38)9(41,42)11(45,46)13(49,50)15(53,54)17(57,58)19(61,62)21(65,66)23(69,70)71)2(27,28)4(31,32)6(35,36)8(39,40)10(43,44)12(47,48)14(51,52)16(55,56)18(59,60)20(63,64)22(67,68)24(72,73)74;1-4(2)3/h;(H2,1,2,3)/p-1. The first-order valence-corrected chi connectivity index (χ1v) is 35.6. The summed E-state index contributed by atoms with van der Waals surface area (Å²) in [4.78, 5) is 0. The normalized spacial score (nSPS) is 17.5. The van der Waals surface area contributed by atoms with Gasteiger partial charge in [-0.1, -0.05) is 580 Å². The van der Waals surface area contributed by atoms with Crippen LogP contribution in [0.15, 0.2) is 0 Å². The number of rotatable bonds is 21. The fourth-order valence-corrected chi connectivity index (χ4v) is 21.5. The molecular formula is C24HCl50O3S-. The lowest BCUT2D eigenvalue weighted by molar-refractivity contribution is 0.382. The molecule has 0 rings (SSSR count). The number of hydrogen-bond donors (Lipinski definition) is 1. The average Bonchev–Trinajstić information content (AvgIpc) is 3.17. The van der Waals surface area contributed by atoms with Gasteiger partial charge in [0.25, 0.3) is 0 Å². The molecule has 78 heavy (non-hydrogen) atoms. The summed E-state index contributed by atoms with van der Waals surface area (Å²) in [5.41, 5.74) is 0. The highest BCUT2D eigenvalue weighted by atomic mass is 35.6. The second kappa shape index (κ2) is 28.8. The molecule has 0 aliphatic carbocycles. The maximum atomic E-state index is 8.56. The quantitative estimate of drug-likeness (QED) is 0.0920. The highest BCUT2D eigenvalue weighted by Crippen LogP contribution is 2.81. The van der Waals surface area contributed by atoms with Crippen molar-refractivity contribution in [2.75, 3.05) is 0 Å². The van der Waals surface area contributed by atoms with E-state index in [0.717, 1.165) is 0 Å². The van der Waals surface area contributed by atoms with Crippen LogP contribution in [0, 0.1) is 0 Å². The summed E-state index contributed by atoms with van der Waals surface area (Å²) in [5, 5.41) is 0. The van der Waals surface area contributed by atoms with E-state index in [0.29, 0.717) is 0 Å². The highest BCUT2D eigenvalue weighted by Gasteiger charge is 2.90. The van der Waals surface area contributed by atoms with Gasteiger partial charge < -0.3 is 9.11 Å². The second-order valence-corrected chi connectivity index (χ2v) is 48.0. The Hall–Kier alpha value is 14.6. The van der Waals surface area contributed by atoms with Gasteiger partial charge in [0, 0.05) is 0 Å². The molecule has 1 atom stereocenters. The molecule has 472 valence electrons. The van der Waals surface area contributed by atoms with Crippen molar-refractivity contribution in [3.63, 3.8) is 0 Å². The third kappa shape index (κ3) is 14.8. The van der Waals surface area contributed by atoms with Crippen LogP contribution < -0.4 is 0 Å². The summed E-state index contributed by atoms with van der Waals surface area (Å²) < 4.78 is -63.1. The fourth-order valence-electron chi connectivity index (χ4n) is 4.30. The number of halogens is 50. The first kappa shape index (κ1) is 94.6. The minimum absolute atomic E-state index is 2.86. The summed E-state index contributed by atoms with van der Waals surface area (Å²) in [5.74, 6) is 0. The van der Waals surface area contributed by atoms with Gasteiger partial charge in [0.05, 0.1) is 11.4 Å². The van der Waals surface area contributed by atoms with E-state index in [1.54, 1.807) is 0 Å². The lowest BCUT2D eigenvalue weighted by Gasteiger charge is -2.59. The summed E-state index contributed by atoms with van der Waals surface area (Å²) in [7, 11) is 0. The van der Waals surface area contributed by atoms with Crippen LogP contribution in [0.4, 0.5) is 0 Å². The Bertz CT molecular complexity index is 2000. The molecule has 0 amide bonds. The van der Waals surface area contributed by atoms with Crippen LogP contribution in [0.5, 0.6) is 0 Å². The van der Waals surface area contributed by atoms with Crippen molar-refractivity contribution >= 4 is 591 Å². The summed E-state index contributed by atoms with van der Waals surface area (Å²) in [6, 6.07) is 0. The lowest BCUT2D eigenvalue weighted by atomic mass is 9.95. The Morgan fingerprint density at radius 3 is 0.244 bits per heavy atom. The molecule has 54 heteroatoms. The predicted octanol–water partition coefficient (Wildman–Crippen LogP) is 28.9. The van der Waals surface area contributed by atoms with Crippen molar-refractivity contribution in [2.45, 2.75) is 103 Å². The van der Waals surface area contributed by atoms with Crippen LogP contribution in [0.2, 0.25) is 0 Å². The van der Waals surface area contributed by atoms with Gasteiger partial charge in [0.1, 0.15) is 0 Å². The van der Waals surface area contributed by atoms with E-state index in [1.807, 2.05) is 0 Å². The maximum absolute atomic E-state index is 8.56. The monoisotopic (exact) mass is 2120 g/mol. The van der Waals surface area contributed by atoms with Gasteiger partial charge >= 0.3 is 0 Å². The van der Waals surface area contributed by atoms with E-state index in [1.165, 1.54) is 0 Å². The van der Waals surface area contributed by atoms with Crippen molar-refractivity contribution in [1.29, 1.82) is 0 Å². The molecule has 0 aliphatic heterocycles. The molecule has 1 unspecified atom stereocenters. The van der Waals surface area contributed by atoms with Crippen molar-refractivity contribution in [1.82, 2.24) is 0 Å². The zero-order chi connectivity index (χ0) is 65.6. The lowest BCUT2D eigenvalue weighted by Crippen LogP contribution is -2.77. The van der Waals surface area contributed by atoms with E-state index in [2.05, 4.69) is 0 Å². The maximum Gasteiger partial charge on any atom is 0.226 e. The first-order valence-electron chi connectivity index (χ1n) is 15.7. The zero-order valence-electron chi connectivity index (χ0n) is 32.6. The van der Waals surface area contributed by atoms with Crippen LogP contribution in [0.1, 0.15) is 0 Å². The Morgan fingerprint density at radius 2 is 0.205 bits per heavy atom. The second-order valence-electron chi connectivity index (χ2n) is 13.8. The van der Waals surface area contributed by atoms with E-state index in [-0.39, 0.29) is 0 Å². The molecule has 3 nitrogen and oxygen atoms in total. The first-order chi connectivity index (χ1) is 32.5. The van der Waals surface area contributed by atoms with Gasteiger partial charge in [-0.3, -0.25) is 0 Å². The summed E-state index contributed by atoms with van der Waals surface area (Å²) >= 11 is 320. The molecule has 0 saturated carbocycles. The number of alkyl halides is 50. The number of hydrogen-bond acceptors (Lipinski definition) is 2. The third-order valence-corrected chi connectivity index (χ3v) is 44.9. The predicted molar refractivity (Wildman–Crippen MR) is 370 cm³/mol. The third-order valence-electron chi connectivity index (χ3n) is 8.99. The molecule has 0 heterocycles. The van der Waals surface area contributed by atoms with Crippen LogP contribution in [-0.2, 0) is 11.4 Å². The molecule has 0 aromatic heterocycles. The van der Waals surface area contributed by atoms with Gasteiger partial charge in [-0.2, -0.15) is 0 Å². The summed E-state index contributed by atoms with van der Waals surface area (Å²) in [6.45, 7) is 0. The zero-order valence-corrected chi connectivity index (χ0v) is 71.2. The van der Waals surface area contributed by atoms with E-state index in [4.69, 9.17) is 593 Å². The Balaban J connectivity index is 0. The SMILES string of the molecule is ClC(Cl)(Cl)C(Cl)(Cl)C(Cl)(Cl)C(Cl)(Cl)C(Cl)(Cl)C(Cl)(Cl)C(Cl)(Cl)C(Cl)(Cl)C(Cl)(Cl)C(Cl)(Cl)C(Cl)(Cl)C(Cl)(Cl)C(Cl)(Cl)C(Cl)(Cl)C(Cl)(Cl)C(Cl)(Cl)C(Cl)(Cl)C(Cl)(Cl)C(Cl)(Cl)C(Cl)(Cl)C(Cl)(Cl)C(Cl)(Cl)C(Cl)(Cl)C(Cl)(Cl)Cl.O=S([O-])O. The molecule has 0 aromatic rings. The molecule has 0 aromatic carbocycles. The molecule has 0 radical (unpaired) electrons. The molecule has 0 fully saturated rings. The van der Waals surface area contributed by atoms with Gasteiger partial charge in [0.2, 0.25) is 16.3 Å². The largest absolute Gasteiger partial charge is 0.750 e. The Labute approximate surface area is 695 Å². The van der Waals surface area contributed by atoms with Crippen molar-refractivity contribution < 1.29 is 13.3 Å².